The summed E-state index contributed by atoms with van der Waals surface area (Å²) in [5, 5.41) is 0. The van der Waals surface area contributed by atoms with Crippen molar-refractivity contribution in [3.8, 4) is 11.1 Å². The lowest BCUT2D eigenvalue weighted by Crippen LogP contribution is -2.58. The number of imidazole rings is 1. The Balaban J connectivity index is 1.34. The molecule has 0 aliphatic carbocycles. The van der Waals surface area contributed by atoms with Gasteiger partial charge in [-0.3, -0.25) is 14.6 Å². The highest BCUT2D eigenvalue weighted by Crippen LogP contribution is 2.37. The van der Waals surface area contributed by atoms with Crippen molar-refractivity contribution in [2.45, 2.75) is 85.9 Å². The van der Waals surface area contributed by atoms with Crippen LogP contribution in [0.3, 0.4) is 0 Å². The fourth-order valence-corrected chi connectivity index (χ4v) is 6.95. The van der Waals surface area contributed by atoms with E-state index in [4.69, 9.17) is 4.74 Å². The summed E-state index contributed by atoms with van der Waals surface area (Å²) < 4.78 is 22.3. The minimum atomic E-state index is -0.490. The lowest BCUT2D eigenvalue weighted by atomic mass is 9.86. The van der Waals surface area contributed by atoms with Crippen LogP contribution in [0, 0.1) is 18.7 Å². The number of fused-ring (bicyclic) bond motifs is 1. The number of nitrogens with zero attached hydrogens (tertiary/aromatic N) is 6. The molecule has 0 spiro atoms. The van der Waals surface area contributed by atoms with Gasteiger partial charge < -0.3 is 18.9 Å². The number of halogens is 1. The van der Waals surface area contributed by atoms with Crippen molar-refractivity contribution in [1.29, 1.82) is 0 Å². The molecule has 2 saturated heterocycles. The van der Waals surface area contributed by atoms with Gasteiger partial charge in [0.1, 0.15) is 17.2 Å². The summed E-state index contributed by atoms with van der Waals surface area (Å²) in [6.07, 6.45) is 3.80. The summed E-state index contributed by atoms with van der Waals surface area (Å²) >= 11 is 0. The largest absolute Gasteiger partial charge is 0.444 e. The van der Waals surface area contributed by atoms with Crippen LogP contribution in [0.5, 0.6) is 0 Å². The van der Waals surface area contributed by atoms with Gasteiger partial charge in [-0.05, 0) is 83.7 Å². The van der Waals surface area contributed by atoms with E-state index < -0.39 is 11.4 Å². The van der Waals surface area contributed by atoms with Gasteiger partial charge in [-0.1, -0.05) is 19.9 Å². The minimum absolute atomic E-state index is 0.00380. The lowest BCUT2D eigenvalue weighted by molar-refractivity contribution is 0.00371. The van der Waals surface area contributed by atoms with Gasteiger partial charge in [0.2, 0.25) is 0 Å². The van der Waals surface area contributed by atoms with E-state index >= 15 is 0 Å². The standard InChI is InChI=1S/C37H53FN6O3/c1-10-43(25(4)5)35(45)32-18-29(38)11-12-30(32)31-17-27(22-44-26(6)39-19-33(31)44)28-20-42(21-28)34(24(2)3)23-40-13-15-41(16-14-40)36(46)47-37(7,8)9/h11-12,17-19,22,24-25,28,34H,10,13-16,20-21,23H2,1-9H3/t34-/m0/s1. The normalized spacial score (nSPS) is 17.4. The highest BCUT2D eigenvalue weighted by molar-refractivity contribution is 6.03. The Morgan fingerprint density at radius 1 is 1.04 bits per heavy atom. The van der Waals surface area contributed by atoms with Gasteiger partial charge in [0, 0.05) is 82.1 Å². The van der Waals surface area contributed by atoms with Crippen LogP contribution in [-0.2, 0) is 4.74 Å². The van der Waals surface area contributed by atoms with E-state index in [1.807, 2.05) is 59.6 Å². The SMILES string of the molecule is CCN(C(=O)c1cc(F)ccc1-c1cc(C2CN([C@@H](CN3CCN(C(=O)OC(C)(C)C)CC3)C(C)C)C2)cn2c(C)ncc12)C(C)C. The zero-order valence-corrected chi connectivity index (χ0v) is 29.7. The molecule has 47 heavy (non-hydrogen) atoms. The van der Waals surface area contributed by atoms with Gasteiger partial charge in [0.05, 0.1) is 17.3 Å². The van der Waals surface area contributed by atoms with Gasteiger partial charge in [-0.2, -0.15) is 0 Å². The minimum Gasteiger partial charge on any atom is -0.444 e. The van der Waals surface area contributed by atoms with E-state index in [1.54, 1.807) is 11.0 Å². The van der Waals surface area contributed by atoms with Crippen LogP contribution in [0.1, 0.15) is 83.1 Å². The van der Waals surface area contributed by atoms with Crippen molar-refractivity contribution < 1.29 is 18.7 Å². The maximum absolute atomic E-state index is 14.6. The summed E-state index contributed by atoms with van der Waals surface area (Å²) in [4.78, 5) is 39.6. The Hall–Kier alpha value is -3.50. The summed E-state index contributed by atoms with van der Waals surface area (Å²) in [5.41, 5.74) is 3.60. The molecule has 2 fully saturated rings. The highest BCUT2D eigenvalue weighted by atomic mass is 19.1. The second-order valence-electron chi connectivity index (χ2n) is 14.9. The molecule has 1 aromatic carbocycles. The van der Waals surface area contributed by atoms with Crippen molar-refractivity contribution in [2.24, 2.45) is 5.92 Å². The number of benzene rings is 1. The number of likely N-dealkylation sites (tertiary alicyclic amines) is 1. The Morgan fingerprint density at radius 3 is 2.32 bits per heavy atom. The summed E-state index contributed by atoms with van der Waals surface area (Å²) in [5.74, 6) is 1.08. The van der Waals surface area contributed by atoms with E-state index in [2.05, 4.69) is 45.3 Å². The van der Waals surface area contributed by atoms with Crippen LogP contribution in [0.15, 0.2) is 36.7 Å². The fourth-order valence-electron chi connectivity index (χ4n) is 6.95. The molecule has 2 amide bonds. The zero-order chi connectivity index (χ0) is 34.2. The molecule has 1 atom stereocenters. The third kappa shape index (κ3) is 7.64. The number of pyridine rings is 1. The topological polar surface area (TPSA) is 73.6 Å². The number of aromatic nitrogens is 2. The average molecular weight is 649 g/mol. The molecule has 2 aromatic heterocycles. The van der Waals surface area contributed by atoms with Crippen LogP contribution < -0.4 is 0 Å². The summed E-state index contributed by atoms with van der Waals surface area (Å²) in [6, 6.07) is 7.14. The molecule has 2 aliphatic rings. The number of carbonyl (C=O) groups is 2. The van der Waals surface area contributed by atoms with Crippen molar-refractivity contribution in [3.63, 3.8) is 0 Å². The molecule has 9 nitrogen and oxygen atoms in total. The first kappa shape index (κ1) is 34.8. The van der Waals surface area contributed by atoms with Gasteiger partial charge in [0.25, 0.3) is 5.91 Å². The number of hydrogen-bond acceptors (Lipinski definition) is 6. The van der Waals surface area contributed by atoms with Gasteiger partial charge in [0.15, 0.2) is 0 Å². The first-order valence-electron chi connectivity index (χ1n) is 17.2. The molecule has 2 aliphatic heterocycles. The van der Waals surface area contributed by atoms with E-state index in [0.717, 1.165) is 55.2 Å². The first-order chi connectivity index (χ1) is 22.2. The molecule has 256 valence electrons. The molecule has 5 rings (SSSR count). The van der Waals surface area contributed by atoms with Crippen LogP contribution in [0.2, 0.25) is 0 Å². The lowest BCUT2D eigenvalue weighted by Gasteiger charge is -2.48. The molecule has 0 bridgehead atoms. The van der Waals surface area contributed by atoms with Crippen molar-refractivity contribution in [2.75, 3.05) is 52.4 Å². The first-order valence-corrected chi connectivity index (χ1v) is 17.2. The Kier molecular flexibility index (Phi) is 10.3. The summed E-state index contributed by atoms with van der Waals surface area (Å²) in [6.45, 7) is 24.6. The van der Waals surface area contributed by atoms with Crippen molar-refractivity contribution in [3.05, 3.63) is 59.4 Å². The van der Waals surface area contributed by atoms with Crippen molar-refractivity contribution in [1.82, 2.24) is 29.0 Å². The Bertz CT molecular complexity index is 1580. The Labute approximate surface area is 279 Å². The van der Waals surface area contributed by atoms with Crippen LogP contribution >= 0.6 is 0 Å². The molecular weight excluding hydrogens is 595 g/mol. The number of hydrogen-bond donors (Lipinski definition) is 0. The van der Waals surface area contributed by atoms with Crippen LogP contribution in [-0.4, -0.2) is 111 Å². The number of rotatable bonds is 9. The monoisotopic (exact) mass is 648 g/mol. The molecule has 0 saturated carbocycles. The van der Waals surface area contributed by atoms with Crippen molar-refractivity contribution >= 4 is 17.5 Å². The van der Waals surface area contributed by atoms with E-state index in [1.165, 1.54) is 17.7 Å². The number of amides is 2. The van der Waals surface area contributed by atoms with Gasteiger partial charge >= 0.3 is 6.09 Å². The third-order valence-corrected chi connectivity index (χ3v) is 9.66. The maximum atomic E-state index is 14.6. The predicted molar refractivity (Wildman–Crippen MR) is 184 cm³/mol. The number of aryl methyl sites for hydroxylation is 1. The second kappa shape index (κ2) is 13.9. The number of piperazine rings is 1. The van der Waals surface area contributed by atoms with E-state index in [0.29, 0.717) is 43.1 Å². The molecule has 4 heterocycles. The van der Waals surface area contributed by atoms with E-state index in [-0.39, 0.29) is 18.0 Å². The van der Waals surface area contributed by atoms with Crippen LogP contribution in [0.4, 0.5) is 9.18 Å². The molecular formula is C37H53FN6O3. The molecule has 10 heteroatoms. The molecule has 0 N–H and O–H groups in total. The van der Waals surface area contributed by atoms with Crippen LogP contribution in [0.25, 0.3) is 16.6 Å². The molecule has 0 radical (unpaired) electrons. The highest BCUT2D eigenvalue weighted by Gasteiger charge is 2.37. The smallest absolute Gasteiger partial charge is 0.410 e. The number of carbonyl (C=O) groups excluding carboxylic acids is 2. The summed E-state index contributed by atoms with van der Waals surface area (Å²) in [7, 11) is 0. The quantitative estimate of drug-likeness (QED) is 0.272. The third-order valence-electron chi connectivity index (χ3n) is 9.66. The molecule has 0 unspecified atom stereocenters. The van der Waals surface area contributed by atoms with Gasteiger partial charge in [-0.15, -0.1) is 0 Å². The maximum Gasteiger partial charge on any atom is 0.410 e. The predicted octanol–water partition coefficient (Wildman–Crippen LogP) is 6.30. The second-order valence-corrected chi connectivity index (χ2v) is 14.9. The Morgan fingerprint density at radius 2 is 1.72 bits per heavy atom. The average Bonchev–Trinajstić information content (AvgIpc) is 3.35. The van der Waals surface area contributed by atoms with E-state index in [9.17, 15) is 14.0 Å². The number of ether oxygens (including phenoxy) is 1. The molecule has 3 aromatic rings. The fraction of sp³-hybridized carbons (Fsp3) is 0.595. The van der Waals surface area contributed by atoms with Gasteiger partial charge in [-0.25, -0.2) is 14.2 Å². The zero-order valence-electron chi connectivity index (χ0n) is 29.7.